The Morgan fingerprint density at radius 1 is 0.500 bits per heavy atom. The van der Waals surface area contributed by atoms with Gasteiger partial charge in [-0.15, -0.1) is 0 Å². The highest BCUT2D eigenvalue weighted by Gasteiger charge is 2.43. The third kappa shape index (κ3) is 21.9. The second-order valence-electron chi connectivity index (χ2n) is 18.3. The molecule has 0 bridgehead atoms. The Morgan fingerprint density at radius 3 is 1.54 bits per heavy atom. The fourth-order valence-corrected chi connectivity index (χ4v) is 16.1. The SMILES string of the molecule is Cc1noc(C)c1S(=O)(=O)Cl.O=C(N1CCc2ccc(S(=O)(=O)Cl)cc2C1)C(F)(F)F.O=S(=O)(Cl)c1c(Cl)ccc2nonc12.O=S(=O)(Cl)c1ccc(Cl)c2nonc12.O=S(=O)(Cl)c1cccc2cccnc12.O=S(=O)(Cl)c1cccc2nonc12.O=S(=O)(Cl)c1cnc(Cl)c(Br)c1. The molecule has 11 aromatic rings. The predicted octanol–water partition coefficient (Wildman–Crippen LogP) is 12.6. The molecule has 1 aliphatic rings. The normalized spacial score (nSPS) is 12.8. The summed E-state index contributed by atoms with van der Waals surface area (Å²) in [6.07, 6.45) is -2.07. The van der Waals surface area contributed by atoms with E-state index in [0.717, 1.165) is 11.6 Å². The van der Waals surface area contributed by atoms with Crippen LogP contribution in [-0.2, 0) is 81.1 Å². The molecule has 0 spiro atoms. The van der Waals surface area contributed by atoms with Gasteiger partial charge in [-0.25, -0.2) is 77.8 Å². The number of carbonyl (C=O) groups excluding carboxylic acids is 1. The van der Waals surface area contributed by atoms with Crippen molar-refractivity contribution in [2.75, 3.05) is 6.54 Å². The van der Waals surface area contributed by atoms with E-state index in [2.05, 4.69) is 80.4 Å². The number of fused-ring (bicyclic) bond motifs is 5. The van der Waals surface area contributed by atoms with E-state index in [1.807, 2.05) is 0 Å². The van der Waals surface area contributed by atoms with Crippen molar-refractivity contribution in [1.29, 1.82) is 0 Å². The lowest BCUT2D eigenvalue weighted by Gasteiger charge is -2.29. The van der Waals surface area contributed by atoms with Gasteiger partial charge in [0.1, 0.15) is 51.3 Å². The molecular weight excluding hydrogens is 1740 g/mol. The highest BCUT2D eigenvalue weighted by atomic mass is 79.9. The molecular formula is C48H30BrCl10F3N10O19S7. The summed E-state index contributed by atoms with van der Waals surface area (Å²) in [6, 6.07) is 23.6. The van der Waals surface area contributed by atoms with Crippen molar-refractivity contribution < 1.29 is 95.3 Å². The van der Waals surface area contributed by atoms with Crippen LogP contribution in [0.25, 0.3) is 44.0 Å². The molecule has 0 aliphatic carbocycles. The van der Waals surface area contributed by atoms with Gasteiger partial charge in [0.25, 0.3) is 63.4 Å². The number of halogens is 14. The fourth-order valence-electron chi connectivity index (χ4n) is 7.69. The molecule has 1 aliphatic heterocycles. The number of aryl methyl sites for hydroxylation is 2. The minimum atomic E-state index is -4.94. The van der Waals surface area contributed by atoms with Gasteiger partial charge >= 0.3 is 12.1 Å². The number of carbonyl (C=O) groups is 1. The van der Waals surface area contributed by atoms with E-state index in [1.54, 1.807) is 30.3 Å². The average molecular weight is 1770 g/mol. The molecule has 526 valence electrons. The average Bonchev–Trinajstić information content (AvgIpc) is 1.50. The van der Waals surface area contributed by atoms with Crippen molar-refractivity contribution >= 4 is 239 Å². The predicted molar refractivity (Wildman–Crippen MR) is 353 cm³/mol. The van der Waals surface area contributed by atoms with E-state index in [1.165, 1.54) is 86.8 Å². The monoisotopic (exact) mass is 1760 g/mol. The Labute approximate surface area is 604 Å². The van der Waals surface area contributed by atoms with Gasteiger partial charge in [0.2, 0.25) is 0 Å². The molecule has 0 unspecified atom stereocenters. The Morgan fingerprint density at radius 2 is 1.01 bits per heavy atom. The molecule has 0 saturated heterocycles. The first-order valence-electron chi connectivity index (χ1n) is 24.8. The first kappa shape index (κ1) is 81.3. The number of alkyl halides is 3. The number of hydrogen-bond acceptors (Lipinski definition) is 28. The van der Waals surface area contributed by atoms with E-state index in [-0.39, 0.29) is 108 Å². The van der Waals surface area contributed by atoms with Crippen LogP contribution in [0, 0.1) is 13.8 Å². The van der Waals surface area contributed by atoms with Crippen molar-refractivity contribution in [3.63, 3.8) is 0 Å². The van der Waals surface area contributed by atoms with Gasteiger partial charge in [0.15, 0.2) is 27.8 Å². The molecule has 0 atom stereocenters. The summed E-state index contributed by atoms with van der Waals surface area (Å²) >= 11 is 19.9. The lowest BCUT2D eigenvalue weighted by Crippen LogP contribution is -2.43. The van der Waals surface area contributed by atoms with E-state index >= 15 is 0 Å². The second-order valence-corrected chi connectivity index (χ2v) is 38.1. The quantitative estimate of drug-likeness (QED) is 0.106. The van der Waals surface area contributed by atoms with Gasteiger partial charge in [-0.1, -0.05) is 70.3 Å². The third-order valence-electron chi connectivity index (χ3n) is 11.8. The van der Waals surface area contributed by atoms with E-state index in [0.29, 0.717) is 31.5 Å². The van der Waals surface area contributed by atoms with Crippen molar-refractivity contribution in [2.24, 2.45) is 0 Å². The maximum absolute atomic E-state index is 12.4. The Bertz CT molecular complexity index is 5670. The highest BCUT2D eigenvalue weighted by Crippen LogP contribution is 2.33. The standard InChI is InChI=1S/C11H9ClF3NO3S.C9H6ClNO2S.2C6H2Cl2N2O3S.C6H3ClN2O3S.C5H2BrCl2NO2S.C5H6ClNO3S/c12-20(18,19)9-2-1-7-3-4-16(6-8(7)5-9)10(17)11(13,14)15;10-14(12,13)8-5-1-3-7-4-2-6-11-9(7)8;7-3-1-2-4-5(10-13-9-4)6(3)14(8,11)12;7-3-1-2-4(14(8,11)12)6-5(3)9-13-10-6;7-13(10,11)5-3-1-2-4-6(5)9-12-8-4;6-4-1-3(12(8,10)11)2-9-5(4)7;1-3-5(11(6,8)9)4(2)10-7-3/h1-2,5H,3-4,6H2;1-6H;2*1-2H;1-3H;1-2H;1-2H3. The number of pyridine rings is 2. The Balaban J connectivity index is 0.000000182. The summed E-state index contributed by atoms with van der Waals surface area (Å²) in [7, 11) is 9.38. The third-order valence-corrected chi connectivity index (χ3v) is 23.3. The Hall–Kier alpha value is -5.64. The van der Waals surface area contributed by atoms with Gasteiger partial charge in [-0.2, -0.15) is 13.2 Å². The number of para-hydroxylation sites is 1. The molecule has 0 saturated carbocycles. The summed E-state index contributed by atoms with van der Waals surface area (Å²) < 4.78 is 210. The van der Waals surface area contributed by atoms with Crippen LogP contribution in [0.1, 0.15) is 22.6 Å². The second kappa shape index (κ2) is 32.6. The van der Waals surface area contributed by atoms with Gasteiger partial charge in [0.05, 0.1) is 24.9 Å². The molecule has 1 amide bonds. The van der Waals surface area contributed by atoms with Crippen molar-refractivity contribution in [1.82, 2.24) is 51.0 Å². The van der Waals surface area contributed by atoms with Crippen LogP contribution in [0.4, 0.5) is 13.2 Å². The molecule has 98 heavy (non-hydrogen) atoms. The lowest BCUT2D eigenvalue weighted by molar-refractivity contribution is -0.186. The highest BCUT2D eigenvalue weighted by molar-refractivity contribution is 9.10. The maximum Gasteiger partial charge on any atom is 0.471 e. The molecule has 50 heteroatoms. The van der Waals surface area contributed by atoms with Crippen molar-refractivity contribution in [2.45, 2.75) is 67.3 Å². The van der Waals surface area contributed by atoms with Crippen molar-refractivity contribution in [3.8, 4) is 0 Å². The molecule has 0 N–H and O–H groups in total. The summed E-state index contributed by atoms with van der Waals surface area (Å²) in [5.74, 6) is -1.71. The number of hydrogen-bond donors (Lipinski definition) is 0. The summed E-state index contributed by atoms with van der Waals surface area (Å²) in [6.45, 7) is 2.67. The van der Waals surface area contributed by atoms with E-state index < -0.39 is 75.4 Å². The number of aromatic nitrogens is 9. The van der Waals surface area contributed by atoms with E-state index in [4.69, 9.17) is 110 Å². The summed E-state index contributed by atoms with van der Waals surface area (Å²) in [4.78, 5) is 18.6. The van der Waals surface area contributed by atoms with E-state index in [9.17, 15) is 76.9 Å². The van der Waals surface area contributed by atoms with Gasteiger partial charge in [-0.05, 0) is 145 Å². The first-order valence-corrected chi connectivity index (χ1v) is 42.9. The van der Waals surface area contributed by atoms with Crippen LogP contribution >= 0.6 is 126 Å². The van der Waals surface area contributed by atoms with Crippen LogP contribution in [0.5, 0.6) is 0 Å². The largest absolute Gasteiger partial charge is 0.471 e. The lowest BCUT2D eigenvalue weighted by atomic mass is 10.00. The summed E-state index contributed by atoms with van der Waals surface area (Å²) in [5.41, 5.74) is 2.81. The number of benzene rings is 5. The van der Waals surface area contributed by atoms with Crippen molar-refractivity contribution in [3.05, 3.63) is 152 Å². The van der Waals surface area contributed by atoms with Gasteiger partial charge in [-0.3, -0.25) is 9.78 Å². The minimum absolute atomic E-state index is 0.0109. The minimum Gasteiger partial charge on any atom is -0.360 e. The number of nitrogens with zero attached hydrogens (tertiary/aromatic N) is 10. The molecule has 29 nitrogen and oxygen atoms in total. The molecule has 0 radical (unpaired) electrons. The molecule has 0 fully saturated rings. The summed E-state index contributed by atoms with van der Waals surface area (Å²) in [5, 5.41) is 25.3. The number of rotatable bonds is 7. The molecule has 7 heterocycles. The van der Waals surface area contributed by atoms with Crippen LogP contribution < -0.4 is 0 Å². The topological polar surface area (TPSA) is 428 Å². The molecule has 12 rings (SSSR count). The zero-order valence-electron chi connectivity index (χ0n) is 47.4. The van der Waals surface area contributed by atoms with Gasteiger partial charge in [0, 0.05) is 106 Å². The zero-order chi connectivity index (χ0) is 73.5. The smallest absolute Gasteiger partial charge is 0.360 e. The zero-order valence-corrected chi connectivity index (χ0v) is 62.3. The van der Waals surface area contributed by atoms with Crippen LogP contribution in [0.2, 0.25) is 15.2 Å². The molecule has 5 aromatic carbocycles. The van der Waals surface area contributed by atoms with Gasteiger partial charge < -0.3 is 9.42 Å². The number of amides is 1. The molecule has 6 aromatic heterocycles. The fraction of sp³-hybridized carbons (Fsp3) is 0.125. The van der Waals surface area contributed by atoms with Crippen LogP contribution in [-0.4, -0.2) is 129 Å². The van der Waals surface area contributed by atoms with Crippen LogP contribution in [0.15, 0.2) is 167 Å². The Kier molecular flexibility index (Phi) is 27.0. The van der Waals surface area contributed by atoms with Crippen LogP contribution in [0.3, 0.4) is 0 Å². The maximum atomic E-state index is 12.4. The first-order chi connectivity index (χ1) is 45.1.